The number of methoxy groups -OCH3 is 1. The number of rotatable bonds is 1. The number of aromatic hydroxyl groups is 1. The summed E-state index contributed by atoms with van der Waals surface area (Å²) in [5.74, 6) is -2.10. The molecule has 2 aromatic rings. The molecule has 7 nitrogen and oxygen atoms in total. The number of halogens is 2. The number of ether oxygens (including phenoxy) is 1. The molecule has 0 radical (unpaired) electrons. The Balaban J connectivity index is 3.00. The third-order valence-corrected chi connectivity index (χ3v) is 3.18. The van der Waals surface area contributed by atoms with E-state index >= 15 is 0 Å². The van der Waals surface area contributed by atoms with Crippen LogP contribution in [0.4, 0.5) is 0 Å². The Morgan fingerprint density at radius 3 is 2.53 bits per heavy atom. The standard InChI is InChI=1S/C10H6Cl2N2O5/c1-19-10(16)8-9(15)14(18)7-3-5(12)4(11)2-6(7)13(8)17/h2-3,17H,1H3/p+1. The number of carbonyl (C=O) groups excluding carboxylic acids is 1. The molecule has 100 valence electrons. The largest absolute Gasteiger partial charge is 0.464 e. The Hall–Kier alpha value is -1.99. The van der Waals surface area contributed by atoms with Gasteiger partial charge in [0, 0.05) is 11.0 Å². The van der Waals surface area contributed by atoms with Gasteiger partial charge in [-0.25, -0.2) is 4.79 Å². The molecule has 2 rings (SSSR count). The van der Waals surface area contributed by atoms with Crippen LogP contribution >= 0.6 is 23.2 Å². The highest BCUT2D eigenvalue weighted by Crippen LogP contribution is 2.27. The molecular formula is C10H7Cl2N2O5+. The minimum Gasteiger partial charge on any atom is -0.464 e. The lowest BCUT2D eigenvalue weighted by molar-refractivity contribution is -0.478. The summed E-state index contributed by atoms with van der Waals surface area (Å²) >= 11 is 11.5. The number of esters is 1. The maximum atomic E-state index is 11.8. The Bertz CT molecular complexity index is 756. The van der Waals surface area contributed by atoms with Gasteiger partial charge >= 0.3 is 11.8 Å². The second-order valence-corrected chi connectivity index (χ2v) is 4.34. The van der Waals surface area contributed by atoms with E-state index in [2.05, 4.69) is 4.74 Å². The number of benzene rings is 1. The van der Waals surface area contributed by atoms with Crippen LogP contribution in [-0.4, -0.2) is 28.1 Å². The molecule has 0 bridgehead atoms. The van der Waals surface area contributed by atoms with Crippen molar-refractivity contribution in [3.63, 3.8) is 0 Å². The van der Waals surface area contributed by atoms with Gasteiger partial charge < -0.3 is 15.1 Å². The van der Waals surface area contributed by atoms with E-state index in [1.807, 2.05) is 0 Å². The summed E-state index contributed by atoms with van der Waals surface area (Å²) in [5.41, 5.74) is -0.993. The quantitative estimate of drug-likeness (QED) is 0.474. The van der Waals surface area contributed by atoms with Crippen molar-refractivity contribution >= 4 is 40.2 Å². The molecule has 0 saturated heterocycles. The molecule has 2 N–H and O–H groups in total. The van der Waals surface area contributed by atoms with Crippen molar-refractivity contribution in [3.05, 3.63) is 32.8 Å². The van der Waals surface area contributed by atoms with Crippen LogP contribution in [0, 0.1) is 4.91 Å². The van der Waals surface area contributed by atoms with E-state index in [4.69, 9.17) is 23.2 Å². The van der Waals surface area contributed by atoms with Crippen molar-refractivity contribution in [1.82, 2.24) is 4.73 Å². The van der Waals surface area contributed by atoms with Gasteiger partial charge in [-0.3, -0.25) is 0 Å². The minimum absolute atomic E-state index is 0.0382. The normalized spacial score (nSPS) is 10.7. The Morgan fingerprint density at radius 2 is 1.95 bits per heavy atom. The fraction of sp³-hybridized carbons (Fsp3) is 0.100. The van der Waals surface area contributed by atoms with Crippen molar-refractivity contribution in [1.29, 1.82) is 0 Å². The van der Waals surface area contributed by atoms with E-state index in [1.54, 1.807) is 0 Å². The van der Waals surface area contributed by atoms with Crippen molar-refractivity contribution in [2.24, 2.45) is 0 Å². The predicted octanol–water partition coefficient (Wildman–Crippen LogP) is 1.59. The average molecular weight is 306 g/mol. The summed E-state index contributed by atoms with van der Waals surface area (Å²) in [6, 6.07) is 2.33. The van der Waals surface area contributed by atoms with E-state index in [1.165, 1.54) is 6.07 Å². The zero-order valence-electron chi connectivity index (χ0n) is 9.42. The molecule has 0 unspecified atom stereocenters. The molecule has 0 fully saturated rings. The van der Waals surface area contributed by atoms with Crippen LogP contribution in [0.15, 0.2) is 12.1 Å². The molecule has 9 heteroatoms. The average Bonchev–Trinajstić information content (AvgIpc) is 2.38. The van der Waals surface area contributed by atoms with Crippen LogP contribution < -0.4 is 4.43 Å². The predicted molar refractivity (Wildman–Crippen MR) is 65.5 cm³/mol. The maximum absolute atomic E-state index is 11.8. The summed E-state index contributed by atoms with van der Waals surface area (Å²) in [6.07, 6.45) is 0. The van der Waals surface area contributed by atoms with Gasteiger partial charge in [-0.05, 0) is 6.07 Å². The fourth-order valence-corrected chi connectivity index (χ4v) is 1.87. The Morgan fingerprint density at radius 1 is 1.37 bits per heavy atom. The van der Waals surface area contributed by atoms with Gasteiger partial charge in [0.2, 0.25) is 0 Å². The smallest absolute Gasteiger partial charge is 0.456 e. The van der Waals surface area contributed by atoms with Gasteiger partial charge in [-0.15, -0.1) is 0 Å². The van der Waals surface area contributed by atoms with Crippen LogP contribution in [0.25, 0.3) is 11.0 Å². The van der Waals surface area contributed by atoms with Crippen molar-refractivity contribution < 1.29 is 24.3 Å². The highest BCUT2D eigenvalue weighted by atomic mass is 35.5. The van der Waals surface area contributed by atoms with Crippen LogP contribution in [0.2, 0.25) is 10.0 Å². The van der Waals surface area contributed by atoms with E-state index in [0.717, 1.165) is 13.2 Å². The summed E-state index contributed by atoms with van der Waals surface area (Å²) in [6.45, 7) is 0. The number of nitrogens with zero attached hydrogens (tertiary/aromatic N) is 2. The van der Waals surface area contributed by atoms with Crippen molar-refractivity contribution in [2.45, 2.75) is 0 Å². The van der Waals surface area contributed by atoms with Crippen LogP contribution in [0.1, 0.15) is 10.5 Å². The molecule has 0 saturated carbocycles. The lowest BCUT2D eigenvalue weighted by Crippen LogP contribution is -2.25. The molecule has 0 aliphatic heterocycles. The molecule has 1 heterocycles. The topological polar surface area (TPSA) is 94.7 Å². The monoisotopic (exact) mass is 305 g/mol. The van der Waals surface area contributed by atoms with Crippen molar-refractivity contribution in [2.75, 3.05) is 7.11 Å². The molecule has 0 atom stereocenters. The van der Waals surface area contributed by atoms with Gasteiger partial charge in [0.05, 0.1) is 17.2 Å². The van der Waals surface area contributed by atoms with Crippen LogP contribution in [0.5, 0.6) is 5.88 Å². The molecule has 19 heavy (non-hydrogen) atoms. The van der Waals surface area contributed by atoms with Gasteiger partial charge in [-0.1, -0.05) is 23.2 Å². The van der Waals surface area contributed by atoms with E-state index in [-0.39, 0.29) is 25.5 Å². The third kappa shape index (κ3) is 1.96. The van der Waals surface area contributed by atoms with E-state index in [0.29, 0.717) is 4.73 Å². The van der Waals surface area contributed by atoms with E-state index < -0.39 is 17.5 Å². The first-order valence-corrected chi connectivity index (χ1v) is 5.61. The second-order valence-electron chi connectivity index (χ2n) is 3.53. The SMILES string of the molecule is COC(=O)c1c(O)[n+](=O)c2cc(Cl)c(Cl)cc2n1O. The Labute approximate surface area is 115 Å². The van der Waals surface area contributed by atoms with Gasteiger partial charge in [0.25, 0.3) is 11.2 Å². The molecular weight excluding hydrogens is 299 g/mol. The fourth-order valence-electron chi connectivity index (χ4n) is 1.56. The minimum atomic E-state index is -1.09. The maximum Gasteiger partial charge on any atom is 0.456 e. The number of aromatic nitrogens is 2. The first-order chi connectivity index (χ1) is 8.88. The van der Waals surface area contributed by atoms with Crippen LogP contribution in [0.3, 0.4) is 0 Å². The molecule has 0 spiro atoms. The summed E-state index contributed by atoms with van der Waals surface area (Å²) < 4.78 is 4.72. The zero-order chi connectivity index (χ0) is 14.3. The lowest BCUT2D eigenvalue weighted by atomic mass is 10.3. The second kappa shape index (κ2) is 4.60. The molecule has 0 aliphatic rings. The first kappa shape index (κ1) is 13.4. The lowest BCUT2D eigenvalue weighted by Gasteiger charge is -2.06. The van der Waals surface area contributed by atoms with Gasteiger partial charge in [0.15, 0.2) is 5.52 Å². The molecule has 0 amide bonds. The first-order valence-electron chi connectivity index (χ1n) is 4.85. The third-order valence-electron chi connectivity index (χ3n) is 2.46. The van der Waals surface area contributed by atoms with Gasteiger partial charge in [0.1, 0.15) is 4.43 Å². The van der Waals surface area contributed by atoms with Crippen LogP contribution in [-0.2, 0) is 4.74 Å². The summed E-state index contributed by atoms with van der Waals surface area (Å²) in [7, 11) is 1.04. The highest BCUT2D eigenvalue weighted by Gasteiger charge is 2.31. The van der Waals surface area contributed by atoms with E-state index in [9.17, 15) is 20.0 Å². The number of hydrogen-bond acceptors (Lipinski definition) is 5. The van der Waals surface area contributed by atoms with Crippen molar-refractivity contribution in [3.8, 4) is 5.88 Å². The molecule has 0 aliphatic carbocycles. The zero-order valence-corrected chi connectivity index (χ0v) is 10.9. The number of hydrogen-bond donors (Lipinski definition) is 2. The number of carbonyl (C=O) groups is 1. The highest BCUT2D eigenvalue weighted by molar-refractivity contribution is 6.42. The Kier molecular flexibility index (Phi) is 3.25. The summed E-state index contributed by atoms with van der Waals surface area (Å²) in [5, 5.41) is 19.6. The van der Waals surface area contributed by atoms with Gasteiger partial charge in [-0.2, -0.15) is 4.73 Å². The summed E-state index contributed by atoms with van der Waals surface area (Å²) in [4.78, 5) is 23.2. The molecule has 1 aromatic heterocycles. The number of fused-ring (bicyclic) bond motifs is 1. The molecule has 1 aromatic carbocycles.